The minimum absolute atomic E-state index is 0.101. The molecule has 0 aliphatic rings. The topological polar surface area (TPSA) is 58.6 Å². The van der Waals surface area contributed by atoms with Crippen LogP contribution in [0.1, 0.15) is 12.5 Å². The van der Waals surface area contributed by atoms with E-state index >= 15 is 0 Å². The molecule has 0 saturated heterocycles. The van der Waals surface area contributed by atoms with Crippen molar-refractivity contribution >= 4 is 18.0 Å². The molecule has 1 N–H and O–H groups in total. The SMILES string of the molecule is CCOC(=O)/C(=C\N(C)C)NC(=O)/C=C/c1ccccc1. The van der Waals surface area contributed by atoms with E-state index in [2.05, 4.69) is 5.32 Å². The average molecular weight is 288 g/mol. The van der Waals surface area contributed by atoms with Crippen LogP contribution in [-0.2, 0) is 14.3 Å². The lowest BCUT2D eigenvalue weighted by Crippen LogP contribution is -2.28. The number of benzene rings is 1. The summed E-state index contributed by atoms with van der Waals surface area (Å²) in [7, 11) is 3.51. The minimum atomic E-state index is -0.562. The van der Waals surface area contributed by atoms with Crippen LogP contribution in [0.15, 0.2) is 48.3 Å². The molecular weight excluding hydrogens is 268 g/mol. The molecule has 0 aliphatic carbocycles. The van der Waals surface area contributed by atoms with Crippen molar-refractivity contribution in [3.05, 3.63) is 53.9 Å². The van der Waals surface area contributed by atoms with Crippen molar-refractivity contribution in [3.8, 4) is 0 Å². The Morgan fingerprint density at radius 2 is 1.90 bits per heavy atom. The van der Waals surface area contributed by atoms with Crippen LogP contribution in [0.3, 0.4) is 0 Å². The summed E-state index contributed by atoms with van der Waals surface area (Å²) >= 11 is 0. The highest BCUT2D eigenvalue weighted by atomic mass is 16.5. The van der Waals surface area contributed by atoms with Gasteiger partial charge in [0.25, 0.3) is 0 Å². The Kier molecular flexibility index (Phi) is 6.74. The fraction of sp³-hybridized carbons (Fsp3) is 0.250. The van der Waals surface area contributed by atoms with Gasteiger partial charge in [0.15, 0.2) is 0 Å². The Labute approximate surface area is 124 Å². The third-order valence-corrected chi connectivity index (χ3v) is 2.37. The summed E-state index contributed by atoms with van der Waals surface area (Å²) in [6.45, 7) is 1.96. The maximum Gasteiger partial charge on any atom is 0.356 e. The fourth-order valence-corrected chi connectivity index (χ4v) is 1.51. The number of amides is 1. The number of nitrogens with zero attached hydrogens (tertiary/aromatic N) is 1. The number of ether oxygens (including phenoxy) is 1. The summed E-state index contributed by atoms with van der Waals surface area (Å²) in [5, 5.41) is 2.52. The smallest absolute Gasteiger partial charge is 0.356 e. The van der Waals surface area contributed by atoms with Gasteiger partial charge in [-0.3, -0.25) is 4.79 Å². The van der Waals surface area contributed by atoms with E-state index in [0.717, 1.165) is 5.56 Å². The van der Waals surface area contributed by atoms with E-state index in [1.54, 1.807) is 32.0 Å². The van der Waals surface area contributed by atoms with Gasteiger partial charge < -0.3 is 15.0 Å². The van der Waals surface area contributed by atoms with Gasteiger partial charge in [0.05, 0.1) is 6.61 Å². The predicted molar refractivity (Wildman–Crippen MR) is 82.0 cm³/mol. The third kappa shape index (κ3) is 6.42. The van der Waals surface area contributed by atoms with Gasteiger partial charge in [-0.15, -0.1) is 0 Å². The van der Waals surface area contributed by atoms with E-state index in [-0.39, 0.29) is 18.2 Å². The van der Waals surface area contributed by atoms with E-state index in [1.807, 2.05) is 30.3 Å². The Hall–Kier alpha value is -2.56. The molecule has 1 amide bonds. The van der Waals surface area contributed by atoms with Gasteiger partial charge in [-0.1, -0.05) is 30.3 Å². The molecule has 0 spiro atoms. The van der Waals surface area contributed by atoms with Crippen molar-refractivity contribution < 1.29 is 14.3 Å². The molecule has 0 saturated carbocycles. The van der Waals surface area contributed by atoms with Gasteiger partial charge >= 0.3 is 5.97 Å². The van der Waals surface area contributed by atoms with Crippen molar-refractivity contribution in [1.29, 1.82) is 0 Å². The maximum absolute atomic E-state index is 11.9. The van der Waals surface area contributed by atoms with Crippen LogP contribution in [0.4, 0.5) is 0 Å². The van der Waals surface area contributed by atoms with Crippen molar-refractivity contribution in [1.82, 2.24) is 10.2 Å². The highest BCUT2D eigenvalue weighted by Gasteiger charge is 2.13. The molecular formula is C16H20N2O3. The van der Waals surface area contributed by atoms with Gasteiger partial charge in [0.2, 0.25) is 5.91 Å². The number of rotatable bonds is 6. The first-order valence-electron chi connectivity index (χ1n) is 6.62. The van der Waals surface area contributed by atoms with E-state index < -0.39 is 5.97 Å². The molecule has 0 aliphatic heterocycles. The summed E-state index contributed by atoms with van der Waals surface area (Å²) in [5.74, 6) is -0.951. The van der Waals surface area contributed by atoms with E-state index in [1.165, 1.54) is 12.3 Å². The average Bonchev–Trinajstić information content (AvgIpc) is 2.45. The number of carbonyl (C=O) groups excluding carboxylic acids is 2. The van der Waals surface area contributed by atoms with Crippen LogP contribution in [0.25, 0.3) is 6.08 Å². The number of carbonyl (C=O) groups is 2. The Bertz CT molecular complexity index is 534. The van der Waals surface area contributed by atoms with Gasteiger partial charge in [-0.25, -0.2) is 4.79 Å². The largest absolute Gasteiger partial charge is 0.461 e. The third-order valence-electron chi connectivity index (χ3n) is 2.37. The maximum atomic E-state index is 11.9. The first-order chi connectivity index (χ1) is 10.0. The van der Waals surface area contributed by atoms with Crippen molar-refractivity contribution in [2.45, 2.75) is 6.92 Å². The second kappa shape index (κ2) is 8.58. The number of nitrogens with one attached hydrogen (secondary N) is 1. The van der Waals surface area contributed by atoms with Gasteiger partial charge in [-0.2, -0.15) is 0 Å². The van der Waals surface area contributed by atoms with Gasteiger partial charge in [-0.05, 0) is 18.6 Å². The summed E-state index contributed by atoms with van der Waals surface area (Å²) < 4.78 is 4.90. The molecule has 0 radical (unpaired) electrons. The lowest BCUT2D eigenvalue weighted by molar-refractivity contribution is -0.139. The molecule has 5 nitrogen and oxygen atoms in total. The van der Waals surface area contributed by atoms with E-state index in [4.69, 9.17) is 4.74 Å². The van der Waals surface area contributed by atoms with Gasteiger partial charge in [0, 0.05) is 26.4 Å². The Balaban J connectivity index is 2.73. The summed E-state index contributed by atoms with van der Waals surface area (Å²) in [4.78, 5) is 25.2. The lowest BCUT2D eigenvalue weighted by Gasteiger charge is -2.11. The monoisotopic (exact) mass is 288 g/mol. The summed E-state index contributed by atoms with van der Waals surface area (Å²) in [6.07, 6.45) is 4.55. The van der Waals surface area contributed by atoms with Crippen LogP contribution < -0.4 is 5.32 Å². The zero-order chi connectivity index (χ0) is 15.7. The molecule has 1 rings (SSSR count). The molecule has 112 valence electrons. The fourth-order valence-electron chi connectivity index (χ4n) is 1.51. The summed E-state index contributed by atoms with van der Waals surface area (Å²) in [6, 6.07) is 9.43. The molecule has 21 heavy (non-hydrogen) atoms. The van der Waals surface area contributed by atoms with Gasteiger partial charge in [0.1, 0.15) is 5.70 Å². The first kappa shape index (κ1) is 16.5. The van der Waals surface area contributed by atoms with E-state index in [0.29, 0.717) is 0 Å². The first-order valence-corrected chi connectivity index (χ1v) is 6.62. The van der Waals surface area contributed by atoms with Crippen LogP contribution in [-0.4, -0.2) is 37.5 Å². The zero-order valence-electron chi connectivity index (χ0n) is 12.5. The quantitative estimate of drug-likeness (QED) is 0.640. The highest BCUT2D eigenvalue weighted by molar-refractivity contribution is 5.99. The predicted octanol–water partition coefficient (Wildman–Crippen LogP) is 1.78. The second-order valence-electron chi connectivity index (χ2n) is 4.46. The zero-order valence-corrected chi connectivity index (χ0v) is 12.5. The van der Waals surface area contributed by atoms with Crippen LogP contribution in [0, 0.1) is 0 Å². The molecule has 1 aromatic rings. The van der Waals surface area contributed by atoms with E-state index in [9.17, 15) is 9.59 Å². The number of esters is 1. The number of hydrogen-bond acceptors (Lipinski definition) is 4. The normalized spacial score (nSPS) is 11.3. The molecule has 0 aromatic heterocycles. The Morgan fingerprint density at radius 3 is 2.48 bits per heavy atom. The van der Waals surface area contributed by atoms with Crippen molar-refractivity contribution in [2.24, 2.45) is 0 Å². The number of hydrogen-bond donors (Lipinski definition) is 1. The van der Waals surface area contributed by atoms with Crippen molar-refractivity contribution in [2.75, 3.05) is 20.7 Å². The molecule has 0 atom stereocenters. The lowest BCUT2D eigenvalue weighted by atomic mass is 10.2. The molecule has 0 unspecified atom stereocenters. The molecule has 0 heterocycles. The van der Waals surface area contributed by atoms with Crippen molar-refractivity contribution in [3.63, 3.8) is 0 Å². The van der Waals surface area contributed by atoms with Crippen LogP contribution in [0.5, 0.6) is 0 Å². The molecule has 0 fully saturated rings. The summed E-state index contributed by atoms with van der Waals surface area (Å²) in [5.41, 5.74) is 1.01. The molecule has 1 aromatic carbocycles. The minimum Gasteiger partial charge on any atom is -0.461 e. The molecule has 5 heteroatoms. The highest BCUT2D eigenvalue weighted by Crippen LogP contribution is 2.01. The Morgan fingerprint density at radius 1 is 1.24 bits per heavy atom. The van der Waals surface area contributed by atoms with Crippen LogP contribution in [0.2, 0.25) is 0 Å². The molecule has 0 bridgehead atoms. The standard InChI is InChI=1S/C16H20N2O3/c1-4-21-16(20)14(12-18(2)3)17-15(19)11-10-13-8-6-5-7-9-13/h5-12H,4H2,1-3H3,(H,17,19)/b11-10+,14-12+. The second-order valence-corrected chi connectivity index (χ2v) is 4.46. The van der Waals surface area contributed by atoms with Crippen LogP contribution >= 0.6 is 0 Å².